The number of unbranched alkanes of at least 4 members (excludes halogenated alkanes) is 5. The second-order valence-electron chi connectivity index (χ2n) is 23.5. The van der Waals surface area contributed by atoms with Crippen molar-refractivity contribution in [3.05, 3.63) is 65.7 Å². The Morgan fingerprint density at radius 2 is 1.17 bits per heavy atom. The Morgan fingerprint density at radius 3 is 1.80 bits per heavy atom. The standard InChI is InChI=1S/C63H92N16O18S2/c1-3-4-5-6-10-18-54(87)97-36(2)55(88)71-32-52(85)68-31-51(84)69-33-53(86)72-45-34-98-99-35-46(63(96)79-26-13-17-47(79)62(95)74-40(16-11-12-25-64)56(89)70-30-50(67)83)78-60(93)44(29-49(66)82)77-57(90)41(23-24-48(65)81)73-58(91)42(27-37-14-8-7-9-15-37)75-59(92)43(76-61(45)94)28-38-19-21-39(80)22-20-38/h7-9,14-15,19-22,36,40-47,80H,3-6,10-13,16-18,23-35,64H2,1-2H3,(H2,65,81)(H2,66,82)(H2,67,83)(H,68,85)(H,69,84)(H,70,89)(H,71,88)(H,72,86)(H,73,91)(H,74,95)(H,75,92)(H,76,94)(H,77,90)(H,78,93)/t36?,40?,41-,42-,43+,44-,45-,46-,47-/m0/s1. The number of phenols is 1. The van der Waals surface area contributed by atoms with Crippen LogP contribution >= 0.6 is 21.6 Å². The quantitative estimate of drug-likeness (QED) is 0.0178. The largest absolute Gasteiger partial charge is 0.508 e. The molecule has 15 amide bonds. The van der Waals surface area contributed by atoms with Crippen LogP contribution in [0.4, 0.5) is 0 Å². The van der Waals surface area contributed by atoms with Gasteiger partial charge in [-0.1, -0.05) is 96.7 Å². The lowest BCUT2D eigenvalue weighted by Crippen LogP contribution is -2.61. The normalized spacial score (nSPS) is 20.1. The van der Waals surface area contributed by atoms with Crippen molar-refractivity contribution in [3.8, 4) is 5.75 Å². The van der Waals surface area contributed by atoms with Crippen LogP contribution in [0, 0.1) is 0 Å². The van der Waals surface area contributed by atoms with Gasteiger partial charge in [0, 0.05) is 43.7 Å². The van der Waals surface area contributed by atoms with E-state index < -0.39 is 206 Å². The number of esters is 1. The number of amides is 15. The first kappa shape index (κ1) is 81.8. The molecule has 36 heteroatoms. The van der Waals surface area contributed by atoms with Crippen molar-refractivity contribution in [1.29, 1.82) is 0 Å². The summed E-state index contributed by atoms with van der Waals surface area (Å²) >= 11 is 0. The van der Waals surface area contributed by atoms with Crippen LogP contribution in [-0.4, -0.2) is 210 Å². The first-order valence-corrected chi connectivity index (χ1v) is 35.0. The third-order valence-corrected chi connectivity index (χ3v) is 17.8. The minimum atomic E-state index is -1.90. The molecule has 544 valence electrons. The first-order valence-electron chi connectivity index (χ1n) is 32.5. The highest BCUT2D eigenvalue weighted by Gasteiger charge is 2.41. The number of hydrogen-bond donors (Lipinski definition) is 16. The number of nitrogens with one attached hydrogen (secondary N) is 11. The summed E-state index contributed by atoms with van der Waals surface area (Å²) in [5.74, 6) is -15.8. The zero-order valence-corrected chi connectivity index (χ0v) is 57.0. The lowest BCUT2D eigenvalue weighted by molar-refractivity contribution is -0.155. The van der Waals surface area contributed by atoms with Crippen LogP contribution in [0.25, 0.3) is 0 Å². The monoisotopic (exact) mass is 1420 g/mol. The van der Waals surface area contributed by atoms with E-state index >= 15 is 0 Å². The summed E-state index contributed by atoms with van der Waals surface area (Å²) in [6, 6.07) is 1.09. The van der Waals surface area contributed by atoms with Gasteiger partial charge in [-0.3, -0.25) is 76.7 Å². The molecule has 2 aromatic rings. The van der Waals surface area contributed by atoms with E-state index in [4.69, 9.17) is 27.7 Å². The number of aromatic hydroxyl groups is 1. The van der Waals surface area contributed by atoms with Gasteiger partial charge in [0.05, 0.1) is 32.6 Å². The van der Waals surface area contributed by atoms with Gasteiger partial charge in [0.15, 0.2) is 6.10 Å². The molecular formula is C63H92N16O18S2. The Hall–Kier alpha value is -9.58. The molecule has 2 saturated heterocycles. The molecule has 2 heterocycles. The number of rotatable bonds is 34. The molecule has 0 spiro atoms. The molecule has 2 aromatic carbocycles. The summed E-state index contributed by atoms with van der Waals surface area (Å²) in [4.78, 5) is 217. The molecule has 0 aromatic heterocycles. The van der Waals surface area contributed by atoms with Crippen molar-refractivity contribution < 1.29 is 86.6 Å². The van der Waals surface area contributed by atoms with Crippen molar-refractivity contribution in [2.45, 2.75) is 171 Å². The van der Waals surface area contributed by atoms with Crippen LogP contribution in [0.5, 0.6) is 5.75 Å². The van der Waals surface area contributed by atoms with E-state index in [0.29, 0.717) is 30.4 Å². The maximum absolute atomic E-state index is 15.0. The van der Waals surface area contributed by atoms with Crippen LogP contribution in [0.15, 0.2) is 54.6 Å². The number of carbonyl (C=O) groups is 16. The number of nitrogens with two attached hydrogens (primary N) is 4. The summed E-state index contributed by atoms with van der Waals surface area (Å²) in [6.07, 6.45) is 1.97. The Kier molecular flexibility index (Phi) is 36.1. The smallest absolute Gasteiger partial charge is 0.306 e. The van der Waals surface area contributed by atoms with Gasteiger partial charge in [-0.25, -0.2) is 0 Å². The number of carbonyl (C=O) groups excluding carboxylic acids is 16. The van der Waals surface area contributed by atoms with E-state index in [9.17, 15) is 81.8 Å². The number of phenolic OH excluding ortho intramolecular Hbond substituents is 1. The molecule has 0 radical (unpaired) electrons. The van der Waals surface area contributed by atoms with Crippen LogP contribution < -0.4 is 81.4 Å². The van der Waals surface area contributed by atoms with Gasteiger partial charge in [0.2, 0.25) is 82.7 Å². The zero-order valence-electron chi connectivity index (χ0n) is 55.3. The molecule has 99 heavy (non-hydrogen) atoms. The lowest BCUT2D eigenvalue weighted by atomic mass is 10.0. The molecule has 2 fully saturated rings. The molecule has 2 aliphatic heterocycles. The third-order valence-electron chi connectivity index (χ3n) is 15.4. The summed E-state index contributed by atoms with van der Waals surface area (Å²) in [7, 11) is 1.68. The maximum atomic E-state index is 15.0. The Balaban J connectivity index is 1.71. The minimum Gasteiger partial charge on any atom is -0.508 e. The number of nitrogens with zero attached hydrogens (tertiary/aromatic N) is 1. The van der Waals surface area contributed by atoms with Gasteiger partial charge in [-0.05, 0) is 81.7 Å². The Morgan fingerprint density at radius 1 is 0.606 bits per heavy atom. The van der Waals surface area contributed by atoms with E-state index in [2.05, 4.69) is 65.4 Å². The first-order chi connectivity index (χ1) is 47.2. The highest BCUT2D eigenvalue weighted by atomic mass is 33.1. The average Bonchev–Trinajstić information content (AvgIpc) is 1.79. The van der Waals surface area contributed by atoms with Crippen molar-refractivity contribution in [3.63, 3.8) is 0 Å². The van der Waals surface area contributed by atoms with Crippen molar-refractivity contribution >= 4 is 116 Å². The topological polar surface area (TPSA) is 542 Å². The highest BCUT2D eigenvalue weighted by Crippen LogP contribution is 2.27. The van der Waals surface area contributed by atoms with Gasteiger partial charge >= 0.3 is 5.97 Å². The molecule has 9 atom stereocenters. The molecule has 0 aliphatic carbocycles. The van der Waals surface area contributed by atoms with Crippen molar-refractivity contribution in [2.24, 2.45) is 22.9 Å². The second-order valence-corrected chi connectivity index (χ2v) is 26.1. The van der Waals surface area contributed by atoms with Gasteiger partial charge < -0.3 is 96.2 Å². The van der Waals surface area contributed by atoms with Gasteiger partial charge in [-0.2, -0.15) is 0 Å². The summed E-state index contributed by atoms with van der Waals surface area (Å²) in [5.41, 5.74) is 22.9. The summed E-state index contributed by atoms with van der Waals surface area (Å²) in [6.45, 7) is 0.887. The molecule has 20 N–H and O–H groups in total. The van der Waals surface area contributed by atoms with E-state index in [1.807, 2.05) is 0 Å². The predicted molar refractivity (Wildman–Crippen MR) is 360 cm³/mol. The van der Waals surface area contributed by atoms with Gasteiger partial charge in [-0.15, -0.1) is 0 Å². The molecule has 34 nitrogen and oxygen atoms in total. The number of likely N-dealkylation sites (tertiary alicyclic amines) is 1. The molecule has 0 bridgehead atoms. The maximum Gasteiger partial charge on any atom is 0.306 e. The number of hydrogen-bond acceptors (Lipinski definition) is 21. The molecule has 0 saturated carbocycles. The lowest BCUT2D eigenvalue weighted by Gasteiger charge is -2.31. The van der Waals surface area contributed by atoms with E-state index in [-0.39, 0.29) is 57.4 Å². The van der Waals surface area contributed by atoms with Crippen molar-refractivity contribution in [1.82, 2.24) is 63.4 Å². The van der Waals surface area contributed by atoms with Gasteiger partial charge in [0.25, 0.3) is 5.91 Å². The Labute approximate surface area is 579 Å². The number of primary amides is 3. The van der Waals surface area contributed by atoms with E-state index in [1.165, 1.54) is 31.2 Å². The van der Waals surface area contributed by atoms with E-state index in [1.54, 1.807) is 30.3 Å². The predicted octanol–water partition coefficient (Wildman–Crippen LogP) is -4.53. The molecule has 2 aliphatic rings. The fraction of sp³-hybridized carbons (Fsp3) is 0.556. The number of benzene rings is 2. The SMILES string of the molecule is CCCCCCCC(=O)OC(C)C(=O)NCC(=O)NCC(=O)NCC(=O)N[C@H]1CSSC[C@@H](C(=O)N2CCC[C@H]2C(=O)NC(CCCCN)C(=O)NCC(N)=O)NC(=O)[C@H](CC(N)=O)NC(=O)[C@H](CCC(N)=O)NC(=O)[C@H](Cc2ccccc2)NC(=O)[C@@H](Cc2ccc(O)cc2)NC1=O. The summed E-state index contributed by atoms with van der Waals surface area (Å²) in [5, 5.41) is 37.2. The zero-order chi connectivity index (χ0) is 73.0. The molecular weight excluding hydrogens is 1330 g/mol. The van der Waals surface area contributed by atoms with E-state index in [0.717, 1.165) is 52.2 Å². The average molecular weight is 1430 g/mol. The second kappa shape index (κ2) is 43.7. The van der Waals surface area contributed by atoms with Crippen LogP contribution in [0.2, 0.25) is 0 Å². The highest BCUT2D eigenvalue weighted by molar-refractivity contribution is 8.76. The molecule has 4 rings (SSSR count). The molecule has 2 unspecified atom stereocenters. The third kappa shape index (κ3) is 30.8. The van der Waals surface area contributed by atoms with Gasteiger partial charge in [0.1, 0.15) is 54.1 Å². The number of ether oxygens (including phenoxy) is 1. The minimum absolute atomic E-state index is 0.0560. The fourth-order valence-electron chi connectivity index (χ4n) is 10.1. The Bertz CT molecular complexity index is 3150. The fourth-order valence-corrected chi connectivity index (χ4v) is 12.4. The summed E-state index contributed by atoms with van der Waals surface area (Å²) < 4.78 is 5.16. The van der Waals surface area contributed by atoms with Crippen LogP contribution in [0.3, 0.4) is 0 Å². The van der Waals surface area contributed by atoms with Crippen LogP contribution in [-0.2, 0) is 94.3 Å². The van der Waals surface area contributed by atoms with Crippen molar-refractivity contribution in [2.75, 3.05) is 50.8 Å². The van der Waals surface area contributed by atoms with Crippen LogP contribution in [0.1, 0.15) is 115 Å².